The number of carbonyl (C=O) groups excluding carboxylic acids is 2. The van der Waals surface area contributed by atoms with Crippen molar-refractivity contribution < 1.29 is 14.7 Å². The quantitative estimate of drug-likeness (QED) is 0.404. The van der Waals surface area contributed by atoms with Crippen molar-refractivity contribution in [2.75, 3.05) is 7.11 Å². The van der Waals surface area contributed by atoms with Crippen LogP contribution in [0.5, 0.6) is 0 Å². The highest BCUT2D eigenvalue weighted by Gasteiger charge is 2.06. The molecule has 2 amide bonds. The van der Waals surface area contributed by atoms with E-state index < -0.39 is 0 Å². The molecule has 0 unspecified atom stereocenters. The van der Waals surface area contributed by atoms with Gasteiger partial charge in [-0.05, 0) is 0 Å². The molecular formula is C5H7NO3. The second-order valence-electron chi connectivity index (χ2n) is 1.19. The molecule has 0 aromatic carbocycles. The molecule has 0 fully saturated rings. The van der Waals surface area contributed by atoms with Crippen LogP contribution in [0.3, 0.4) is 0 Å². The van der Waals surface area contributed by atoms with Gasteiger partial charge in [-0.1, -0.05) is 0 Å². The molecule has 1 aliphatic rings. The van der Waals surface area contributed by atoms with Crippen LogP contribution >= 0.6 is 0 Å². The van der Waals surface area contributed by atoms with E-state index in [0.29, 0.717) is 0 Å². The summed E-state index contributed by atoms with van der Waals surface area (Å²) in [5.41, 5.74) is 0. The highest BCUT2D eigenvalue weighted by atomic mass is 16.2. The van der Waals surface area contributed by atoms with Crippen LogP contribution in [0.25, 0.3) is 0 Å². The van der Waals surface area contributed by atoms with Gasteiger partial charge in [0.25, 0.3) is 11.8 Å². The van der Waals surface area contributed by atoms with Crippen LogP contribution in [0.2, 0.25) is 0 Å². The lowest BCUT2D eigenvalue weighted by molar-refractivity contribution is -0.123. The molecule has 9 heavy (non-hydrogen) atoms. The molecule has 0 aromatic heterocycles. The summed E-state index contributed by atoms with van der Waals surface area (Å²) >= 11 is 0. The maximum atomic E-state index is 10.0. The van der Waals surface area contributed by atoms with Gasteiger partial charge in [0.1, 0.15) is 0 Å². The van der Waals surface area contributed by atoms with E-state index in [4.69, 9.17) is 5.11 Å². The van der Waals surface area contributed by atoms with E-state index in [1.54, 1.807) is 0 Å². The monoisotopic (exact) mass is 129 g/mol. The molecule has 4 heteroatoms. The normalized spacial score (nSPS) is 14.4. The van der Waals surface area contributed by atoms with Crippen molar-refractivity contribution in [1.82, 2.24) is 5.32 Å². The Morgan fingerprint density at radius 3 is 1.67 bits per heavy atom. The Bertz CT molecular complexity index is 134. The summed E-state index contributed by atoms with van der Waals surface area (Å²) in [6.07, 6.45) is 2.39. The minimum atomic E-state index is -0.329. The summed E-state index contributed by atoms with van der Waals surface area (Å²) in [6.45, 7) is 0. The van der Waals surface area contributed by atoms with Crippen molar-refractivity contribution in [2.24, 2.45) is 0 Å². The van der Waals surface area contributed by atoms with Crippen LogP contribution in [0.4, 0.5) is 0 Å². The van der Waals surface area contributed by atoms with Gasteiger partial charge in [0, 0.05) is 19.3 Å². The van der Waals surface area contributed by atoms with Crippen LogP contribution in [0.1, 0.15) is 0 Å². The number of hydrogen-bond donors (Lipinski definition) is 2. The molecule has 0 atom stereocenters. The molecule has 0 spiro atoms. The minimum absolute atomic E-state index is 0.329. The molecule has 0 bridgehead atoms. The van der Waals surface area contributed by atoms with Gasteiger partial charge >= 0.3 is 0 Å². The van der Waals surface area contributed by atoms with Crippen molar-refractivity contribution in [3.63, 3.8) is 0 Å². The maximum Gasteiger partial charge on any atom is 0.250 e. The largest absolute Gasteiger partial charge is 0.400 e. The predicted molar refractivity (Wildman–Crippen MR) is 30.4 cm³/mol. The predicted octanol–water partition coefficient (Wildman–Crippen LogP) is -1.19. The second-order valence-corrected chi connectivity index (χ2v) is 1.19. The van der Waals surface area contributed by atoms with E-state index in [1.807, 2.05) is 5.32 Å². The average Bonchev–Trinajstić information content (AvgIpc) is 2.20. The van der Waals surface area contributed by atoms with Crippen LogP contribution in [0.15, 0.2) is 12.2 Å². The van der Waals surface area contributed by atoms with Gasteiger partial charge in [-0.3, -0.25) is 14.9 Å². The molecule has 1 heterocycles. The third-order valence-corrected chi connectivity index (χ3v) is 0.632. The van der Waals surface area contributed by atoms with Crippen molar-refractivity contribution in [1.29, 1.82) is 0 Å². The van der Waals surface area contributed by atoms with Gasteiger partial charge in [0.15, 0.2) is 0 Å². The summed E-state index contributed by atoms with van der Waals surface area (Å²) in [6, 6.07) is 0. The lowest BCUT2D eigenvalue weighted by atomic mass is 10.6. The van der Waals surface area contributed by atoms with Crippen LogP contribution in [-0.4, -0.2) is 24.0 Å². The standard InChI is InChI=1S/C4H3NO2.CH4O/c6-3-1-2-4(7)5-3;1-2/h1-2H,(H,5,6,7);2H,1H3. The fourth-order valence-electron chi connectivity index (χ4n) is 0.356. The number of rotatable bonds is 0. The van der Waals surface area contributed by atoms with Gasteiger partial charge in [-0.15, -0.1) is 0 Å². The Morgan fingerprint density at radius 1 is 1.22 bits per heavy atom. The van der Waals surface area contributed by atoms with E-state index >= 15 is 0 Å². The fraction of sp³-hybridized carbons (Fsp3) is 0.200. The molecule has 4 nitrogen and oxygen atoms in total. The van der Waals surface area contributed by atoms with Crippen molar-refractivity contribution >= 4 is 11.8 Å². The van der Waals surface area contributed by atoms with Crippen molar-refractivity contribution in [3.8, 4) is 0 Å². The van der Waals surface area contributed by atoms with Crippen LogP contribution in [-0.2, 0) is 9.59 Å². The topological polar surface area (TPSA) is 66.4 Å². The number of aliphatic hydroxyl groups excluding tert-OH is 1. The van der Waals surface area contributed by atoms with Crippen molar-refractivity contribution in [2.45, 2.75) is 0 Å². The summed E-state index contributed by atoms with van der Waals surface area (Å²) in [7, 11) is 1.00. The number of imide groups is 1. The van der Waals surface area contributed by atoms with E-state index in [-0.39, 0.29) is 11.8 Å². The summed E-state index contributed by atoms with van der Waals surface area (Å²) in [5.74, 6) is -0.657. The number of aliphatic hydroxyl groups is 1. The molecule has 50 valence electrons. The van der Waals surface area contributed by atoms with E-state index in [2.05, 4.69) is 0 Å². The van der Waals surface area contributed by atoms with Crippen LogP contribution < -0.4 is 5.32 Å². The highest BCUT2D eigenvalue weighted by Crippen LogP contribution is 1.82. The van der Waals surface area contributed by atoms with Gasteiger partial charge < -0.3 is 5.11 Å². The number of amides is 2. The Labute approximate surface area is 52.2 Å². The third kappa shape index (κ3) is 2.61. The van der Waals surface area contributed by atoms with Gasteiger partial charge in [-0.25, -0.2) is 0 Å². The Balaban J connectivity index is 0.000000291. The van der Waals surface area contributed by atoms with E-state index in [0.717, 1.165) is 7.11 Å². The highest BCUT2D eigenvalue weighted by molar-refractivity contribution is 6.12. The smallest absolute Gasteiger partial charge is 0.250 e. The van der Waals surface area contributed by atoms with E-state index in [9.17, 15) is 9.59 Å². The first-order chi connectivity index (χ1) is 4.29. The molecule has 0 radical (unpaired) electrons. The second kappa shape index (κ2) is 3.80. The number of carbonyl (C=O) groups is 2. The van der Waals surface area contributed by atoms with Crippen LogP contribution in [0, 0.1) is 0 Å². The van der Waals surface area contributed by atoms with Gasteiger partial charge in [0.2, 0.25) is 0 Å². The molecule has 0 saturated heterocycles. The average molecular weight is 129 g/mol. The SMILES string of the molecule is CO.O=C1C=CC(=O)N1. The molecule has 2 N–H and O–H groups in total. The summed E-state index contributed by atoms with van der Waals surface area (Å²) < 4.78 is 0. The Morgan fingerprint density at radius 2 is 1.56 bits per heavy atom. The van der Waals surface area contributed by atoms with Gasteiger partial charge in [-0.2, -0.15) is 0 Å². The molecular weight excluding hydrogens is 122 g/mol. The van der Waals surface area contributed by atoms with Crippen molar-refractivity contribution in [3.05, 3.63) is 12.2 Å². The minimum Gasteiger partial charge on any atom is -0.400 e. The summed E-state index contributed by atoms with van der Waals surface area (Å²) in [5, 5.41) is 9.03. The molecule has 0 aromatic rings. The Kier molecular flexibility index (Phi) is 3.31. The first-order valence-corrected chi connectivity index (χ1v) is 2.27. The lowest BCUT2D eigenvalue weighted by Crippen LogP contribution is -2.19. The molecule has 0 aliphatic carbocycles. The van der Waals surface area contributed by atoms with E-state index in [1.165, 1.54) is 12.2 Å². The molecule has 0 saturated carbocycles. The first kappa shape index (κ1) is 7.84. The maximum absolute atomic E-state index is 10.0. The molecule has 1 rings (SSSR count). The Hall–Kier alpha value is -1.16. The lowest BCUT2D eigenvalue weighted by Gasteiger charge is -1.80. The fourth-order valence-corrected chi connectivity index (χ4v) is 0.356. The van der Waals surface area contributed by atoms with Gasteiger partial charge in [0.05, 0.1) is 0 Å². The zero-order valence-corrected chi connectivity index (χ0v) is 4.92. The first-order valence-electron chi connectivity index (χ1n) is 2.27. The molecule has 1 aliphatic heterocycles. The third-order valence-electron chi connectivity index (χ3n) is 0.632. The zero-order chi connectivity index (χ0) is 7.28. The zero-order valence-electron chi connectivity index (χ0n) is 4.92. The number of hydrogen-bond acceptors (Lipinski definition) is 3. The summed E-state index contributed by atoms with van der Waals surface area (Å²) in [4.78, 5) is 20.1. The number of nitrogens with one attached hydrogen (secondary N) is 1.